The minimum atomic E-state index is -1.21. The van der Waals surface area contributed by atoms with E-state index in [-0.39, 0.29) is 0 Å². The van der Waals surface area contributed by atoms with E-state index in [0.717, 1.165) is 0 Å². The lowest BCUT2D eigenvalue weighted by Crippen LogP contribution is -2.38. The Hall–Kier alpha value is -1.92. The first kappa shape index (κ1) is 14.5. The second-order valence-electron chi connectivity index (χ2n) is 4.43. The number of benzene rings is 1. The molecule has 6 nitrogen and oxygen atoms in total. The fraction of sp³-hybridized carbons (Fsp3) is 0.429. The first-order valence-corrected chi connectivity index (χ1v) is 6.08. The van der Waals surface area contributed by atoms with Crippen molar-refractivity contribution in [3.8, 4) is 0 Å². The van der Waals surface area contributed by atoms with Gasteiger partial charge in [-0.25, -0.2) is 9.59 Å². The third kappa shape index (κ3) is 2.52. The molecule has 0 radical (unpaired) electrons. The minimum absolute atomic E-state index is 0.681. The molecular formula is C14H16O6. The van der Waals surface area contributed by atoms with Gasteiger partial charge in [0.2, 0.25) is 0 Å². The van der Waals surface area contributed by atoms with Crippen LogP contribution in [-0.4, -0.2) is 38.4 Å². The summed E-state index contributed by atoms with van der Waals surface area (Å²) in [6, 6.07) is 9.04. The minimum Gasteiger partial charge on any atom is -0.467 e. The molecule has 0 bridgehead atoms. The van der Waals surface area contributed by atoms with Crippen molar-refractivity contribution in [2.45, 2.75) is 24.9 Å². The topological polar surface area (TPSA) is 71.1 Å². The van der Waals surface area contributed by atoms with Crippen LogP contribution in [0.25, 0.3) is 0 Å². The highest BCUT2D eigenvalue weighted by Crippen LogP contribution is 2.38. The predicted octanol–water partition coefficient (Wildman–Crippen LogP) is 0.989. The van der Waals surface area contributed by atoms with Crippen molar-refractivity contribution >= 4 is 11.9 Å². The average molecular weight is 280 g/mol. The van der Waals surface area contributed by atoms with E-state index in [2.05, 4.69) is 9.47 Å². The Morgan fingerprint density at radius 1 is 1.00 bits per heavy atom. The third-order valence-electron chi connectivity index (χ3n) is 3.14. The molecule has 0 saturated carbocycles. The van der Waals surface area contributed by atoms with Gasteiger partial charge in [0.25, 0.3) is 0 Å². The summed E-state index contributed by atoms with van der Waals surface area (Å²) in [5.74, 6) is -2.57. The average Bonchev–Trinajstić information content (AvgIpc) is 2.86. The lowest BCUT2D eigenvalue weighted by molar-refractivity contribution is -0.185. The Bertz CT molecular complexity index is 474. The summed E-state index contributed by atoms with van der Waals surface area (Å²) >= 11 is 0. The molecule has 0 aliphatic carbocycles. The van der Waals surface area contributed by atoms with Gasteiger partial charge in [-0.1, -0.05) is 30.3 Å². The number of methoxy groups -OCH3 is 2. The van der Waals surface area contributed by atoms with E-state index < -0.39 is 29.9 Å². The Balaban J connectivity index is 2.32. The summed E-state index contributed by atoms with van der Waals surface area (Å²) in [5, 5.41) is 0. The molecule has 108 valence electrons. The molecule has 0 unspecified atom stereocenters. The monoisotopic (exact) mass is 280 g/mol. The van der Waals surface area contributed by atoms with Gasteiger partial charge in [-0.2, -0.15) is 0 Å². The fourth-order valence-electron chi connectivity index (χ4n) is 2.09. The van der Waals surface area contributed by atoms with E-state index in [1.807, 2.05) is 18.2 Å². The van der Waals surface area contributed by atoms with Crippen molar-refractivity contribution in [3.05, 3.63) is 35.9 Å². The van der Waals surface area contributed by atoms with Gasteiger partial charge in [0.15, 0.2) is 18.0 Å². The zero-order valence-corrected chi connectivity index (χ0v) is 11.5. The molecule has 6 heteroatoms. The number of esters is 2. The molecule has 1 aromatic rings. The van der Waals surface area contributed by atoms with E-state index in [0.29, 0.717) is 5.56 Å². The molecule has 0 amide bonds. The predicted molar refractivity (Wildman–Crippen MR) is 67.6 cm³/mol. The summed E-state index contributed by atoms with van der Waals surface area (Å²) in [6.07, 6.45) is -2.31. The molecule has 1 aromatic carbocycles. The molecule has 1 aliphatic heterocycles. The number of rotatable bonds is 3. The van der Waals surface area contributed by atoms with Gasteiger partial charge in [-0.15, -0.1) is 0 Å². The fourth-order valence-corrected chi connectivity index (χ4v) is 2.09. The highest BCUT2D eigenvalue weighted by molar-refractivity contribution is 5.86. The van der Waals surface area contributed by atoms with E-state index in [1.54, 1.807) is 19.1 Å². The molecule has 0 spiro atoms. The standard InChI is InChI=1S/C14H16O6/c1-14(9-7-5-4-6-8-9)19-10(12(15)17-2)11(20-14)13(16)18-3/h4-8,10-11H,1-3H3/t10-,11-/m0/s1. The molecule has 0 N–H and O–H groups in total. The SMILES string of the molecule is COC(=O)[C@H]1OC(C)(c2ccccc2)O[C@@H]1C(=O)OC. The molecule has 1 saturated heterocycles. The van der Waals surface area contributed by atoms with Crippen molar-refractivity contribution in [1.82, 2.24) is 0 Å². The van der Waals surface area contributed by atoms with Crippen molar-refractivity contribution < 1.29 is 28.5 Å². The van der Waals surface area contributed by atoms with Crippen LogP contribution in [0.5, 0.6) is 0 Å². The lowest BCUT2D eigenvalue weighted by Gasteiger charge is -2.23. The highest BCUT2D eigenvalue weighted by atomic mass is 16.8. The first-order valence-electron chi connectivity index (χ1n) is 6.08. The molecule has 1 fully saturated rings. The van der Waals surface area contributed by atoms with E-state index in [9.17, 15) is 9.59 Å². The van der Waals surface area contributed by atoms with Gasteiger partial charge in [0, 0.05) is 5.56 Å². The number of hydrogen-bond acceptors (Lipinski definition) is 6. The molecule has 2 rings (SSSR count). The number of ether oxygens (including phenoxy) is 4. The second-order valence-corrected chi connectivity index (χ2v) is 4.43. The maximum Gasteiger partial charge on any atom is 0.338 e. The highest BCUT2D eigenvalue weighted by Gasteiger charge is 2.53. The van der Waals surface area contributed by atoms with Crippen LogP contribution in [0.2, 0.25) is 0 Å². The Morgan fingerprint density at radius 3 is 1.85 bits per heavy atom. The Morgan fingerprint density at radius 2 is 1.45 bits per heavy atom. The Labute approximate surface area is 116 Å². The summed E-state index contributed by atoms with van der Waals surface area (Å²) in [7, 11) is 2.44. The maximum absolute atomic E-state index is 11.7. The van der Waals surface area contributed by atoms with E-state index in [1.165, 1.54) is 14.2 Å². The van der Waals surface area contributed by atoms with E-state index in [4.69, 9.17) is 9.47 Å². The van der Waals surface area contributed by atoms with Gasteiger partial charge in [0.1, 0.15) is 0 Å². The summed E-state index contributed by atoms with van der Waals surface area (Å²) in [5.41, 5.74) is 0.695. The lowest BCUT2D eigenvalue weighted by atomic mass is 10.1. The van der Waals surface area contributed by atoms with Crippen LogP contribution >= 0.6 is 0 Å². The molecule has 1 aliphatic rings. The van der Waals surface area contributed by atoms with Crippen LogP contribution < -0.4 is 0 Å². The van der Waals surface area contributed by atoms with Gasteiger partial charge >= 0.3 is 11.9 Å². The number of carbonyl (C=O) groups excluding carboxylic acids is 2. The van der Waals surface area contributed by atoms with Crippen molar-refractivity contribution in [3.63, 3.8) is 0 Å². The van der Waals surface area contributed by atoms with Gasteiger partial charge in [-0.3, -0.25) is 0 Å². The van der Waals surface area contributed by atoms with Crippen LogP contribution in [0.15, 0.2) is 30.3 Å². The zero-order chi connectivity index (χ0) is 14.8. The Kier molecular flexibility index (Phi) is 4.06. The van der Waals surface area contributed by atoms with Gasteiger partial charge < -0.3 is 18.9 Å². The van der Waals surface area contributed by atoms with Crippen molar-refractivity contribution in [1.29, 1.82) is 0 Å². The molecule has 1 heterocycles. The van der Waals surface area contributed by atoms with Crippen LogP contribution in [0.4, 0.5) is 0 Å². The van der Waals surface area contributed by atoms with Crippen LogP contribution in [-0.2, 0) is 34.3 Å². The largest absolute Gasteiger partial charge is 0.467 e. The zero-order valence-electron chi connectivity index (χ0n) is 11.5. The second kappa shape index (κ2) is 5.60. The maximum atomic E-state index is 11.7. The normalized spacial score (nSPS) is 24.1. The van der Waals surface area contributed by atoms with Crippen molar-refractivity contribution in [2.75, 3.05) is 14.2 Å². The van der Waals surface area contributed by atoms with Crippen molar-refractivity contribution in [2.24, 2.45) is 0 Å². The quantitative estimate of drug-likeness (QED) is 0.769. The van der Waals surface area contributed by atoms with Crippen LogP contribution in [0.3, 0.4) is 0 Å². The first-order chi connectivity index (χ1) is 9.51. The van der Waals surface area contributed by atoms with Gasteiger partial charge in [-0.05, 0) is 6.92 Å². The summed E-state index contributed by atoms with van der Waals surface area (Å²) < 4.78 is 20.5. The number of carbonyl (C=O) groups is 2. The summed E-state index contributed by atoms with van der Waals surface area (Å²) in [6.45, 7) is 1.64. The van der Waals surface area contributed by atoms with Crippen LogP contribution in [0, 0.1) is 0 Å². The summed E-state index contributed by atoms with van der Waals surface area (Å²) in [4.78, 5) is 23.5. The molecular weight excluding hydrogens is 264 g/mol. The number of hydrogen-bond donors (Lipinski definition) is 0. The smallest absolute Gasteiger partial charge is 0.338 e. The molecule has 2 atom stereocenters. The molecule has 20 heavy (non-hydrogen) atoms. The van der Waals surface area contributed by atoms with Gasteiger partial charge in [0.05, 0.1) is 14.2 Å². The van der Waals surface area contributed by atoms with E-state index >= 15 is 0 Å². The van der Waals surface area contributed by atoms with Crippen LogP contribution in [0.1, 0.15) is 12.5 Å². The third-order valence-corrected chi connectivity index (χ3v) is 3.14. The molecule has 0 aromatic heterocycles.